The molecule has 1 rings (SSSR count). The number of carbonyl (C=O) groups is 1. The molecule has 0 aromatic rings. The highest BCUT2D eigenvalue weighted by Crippen LogP contribution is 2.16. The Hall–Kier alpha value is -0.570. The predicted molar refractivity (Wildman–Crippen MR) is 48.9 cm³/mol. The van der Waals surface area contributed by atoms with Crippen LogP contribution in [0.2, 0.25) is 0 Å². The van der Waals surface area contributed by atoms with Gasteiger partial charge in [0.1, 0.15) is 0 Å². The maximum Gasteiger partial charge on any atom is 0.209 e. The van der Waals surface area contributed by atoms with Crippen LogP contribution in [0.5, 0.6) is 0 Å². The molecule has 12 heavy (non-hydrogen) atoms. The van der Waals surface area contributed by atoms with Gasteiger partial charge in [0.15, 0.2) is 0 Å². The molecule has 0 unspecified atom stereocenters. The van der Waals surface area contributed by atoms with Crippen LogP contribution in [0.3, 0.4) is 0 Å². The van der Waals surface area contributed by atoms with Gasteiger partial charge in [0.25, 0.3) is 0 Å². The summed E-state index contributed by atoms with van der Waals surface area (Å²) in [4.78, 5) is 14.5. The number of likely N-dealkylation sites (tertiary alicyclic amines) is 1. The van der Waals surface area contributed by atoms with E-state index in [1.54, 1.807) is 0 Å². The van der Waals surface area contributed by atoms with Crippen molar-refractivity contribution in [1.29, 1.82) is 0 Å². The lowest BCUT2D eigenvalue weighted by Gasteiger charge is -2.30. The summed E-state index contributed by atoms with van der Waals surface area (Å²) in [6.45, 7) is 3.05. The van der Waals surface area contributed by atoms with Crippen LogP contribution in [-0.2, 0) is 4.79 Å². The molecule has 0 aliphatic carbocycles. The lowest BCUT2D eigenvalue weighted by Crippen LogP contribution is -2.36. The Labute approximate surface area is 74.3 Å². The van der Waals surface area contributed by atoms with Crippen molar-refractivity contribution in [3.63, 3.8) is 0 Å². The van der Waals surface area contributed by atoms with Gasteiger partial charge in [-0.15, -0.1) is 0 Å². The Morgan fingerprint density at radius 3 is 2.42 bits per heavy atom. The van der Waals surface area contributed by atoms with Crippen molar-refractivity contribution in [2.24, 2.45) is 5.92 Å². The first-order valence-corrected chi connectivity index (χ1v) is 4.56. The smallest absolute Gasteiger partial charge is 0.209 e. The lowest BCUT2D eigenvalue weighted by molar-refractivity contribution is -0.119. The number of hydrogen-bond acceptors (Lipinski definition) is 2. The van der Waals surface area contributed by atoms with Gasteiger partial charge < -0.3 is 9.80 Å². The van der Waals surface area contributed by atoms with Gasteiger partial charge >= 0.3 is 0 Å². The molecule has 0 spiro atoms. The van der Waals surface area contributed by atoms with Crippen LogP contribution in [0, 0.1) is 5.92 Å². The highest BCUT2D eigenvalue weighted by molar-refractivity contribution is 5.47. The molecule has 1 aliphatic rings. The predicted octanol–water partition coefficient (Wildman–Crippen LogP) is 0.416. The van der Waals surface area contributed by atoms with Crippen LogP contribution in [0.1, 0.15) is 12.8 Å². The van der Waals surface area contributed by atoms with Crippen LogP contribution < -0.4 is 0 Å². The second kappa shape index (κ2) is 4.45. The Morgan fingerprint density at radius 1 is 1.42 bits per heavy atom. The quantitative estimate of drug-likeness (QED) is 0.573. The molecule has 0 atom stereocenters. The second-order valence-corrected chi connectivity index (χ2v) is 3.85. The van der Waals surface area contributed by atoms with Crippen molar-refractivity contribution in [2.75, 3.05) is 33.7 Å². The highest BCUT2D eigenvalue weighted by Gasteiger charge is 2.17. The van der Waals surface area contributed by atoms with E-state index in [1.165, 1.54) is 0 Å². The van der Waals surface area contributed by atoms with E-state index in [2.05, 4.69) is 19.0 Å². The van der Waals surface area contributed by atoms with Crippen LogP contribution >= 0.6 is 0 Å². The molecule has 1 amide bonds. The minimum absolute atomic E-state index is 0.788. The summed E-state index contributed by atoms with van der Waals surface area (Å²) in [6.07, 6.45) is 3.29. The molecule has 1 heterocycles. The summed E-state index contributed by atoms with van der Waals surface area (Å²) in [7, 11) is 4.21. The van der Waals surface area contributed by atoms with E-state index in [0.29, 0.717) is 0 Å². The minimum atomic E-state index is 0.788. The van der Waals surface area contributed by atoms with Crippen molar-refractivity contribution in [1.82, 2.24) is 9.80 Å². The topological polar surface area (TPSA) is 23.6 Å². The molecule has 3 heteroatoms. The summed E-state index contributed by atoms with van der Waals surface area (Å²) in [5.74, 6) is 0.788. The molecular weight excluding hydrogens is 152 g/mol. The van der Waals surface area contributed by atoms with Crippen LogP contribution in [0.15, 0.2) is 0 Å². The van der Waals surface area contributed by atoms with Gasteiger partial charge in [0, 0.05) is 19.6 Å². The zero-order chi connectivity index (χ0) is 8.97. The Kier molecular flexibility index (Phi) is 3.53. The average Bonchev–Trinajstić information content (AvgIpc) is 2.05. The summed E-state index contributed by atoms with van der Waals surface area (Å²) in [5.41, 5.74) is 0. The first kappa shape index (κ1) is 9.52. The van der Waals surface area contributed by atoms with Gasteiger partial charge in [0.05, 0.1) is 0 Å². The normalized spacial score (nSPS) is 20.1. The average molecular weight is 170 g/mol. The molecule has 1 fully saturated rings. The van der Waals surface area contributed by atoms with Gasteiger partial charge in [-0.3, -0.25) is 4.79 Å². The number of rotatable bonds is 3. The Balaban J connectivity index is 2.21. The molecule has 0 bridgehead atoms. The van der Waals surface area contributed by atoms with E-state index in [0.717, 1.165) is 44.8 Å². The van der Waals surface area contributed by atoms with Crippen LogP contribution in [0.4, 0.5) is 0 Å². The third-order valence-electron chi connectivity index (χ3n) is 2.42. The number of amides is 1. The van der Waals surface area contributed by atoms with E-state index >= 15 is 0 Å². The third-order valence-corrected chi connectivity index (χ3v) is 2.42. The zero-order valence-electron chi connectivity index (χ0n) is 7.99. The monoisotopic (exact) mass is 170 g/mol. The van der Waals surface area contributed by atoms with E-state index in [4.69, 9.17) is 0 Å². The second-order valence-electron chi connectivity index (χ2n) is 3.85. The number of hydrogen-bond donors (Lipinski definition) is 0. The SMILES string of the molecule is CN(C)CC1CCN(C=O)CC1. The van der Waals surface area contributed by atoms with Crippen LogP contribution in [-0.4, -0.2) is 49.9 Å². The third kappa shape index (κ3) is 2.81. The standard InChI is InChI=1S/C9H18N2O/c1-10(2)7-9-3-5-11(8-12)6-4-9/h8-9H,3-7H2,1-2H3. The molecular formula is C9H18N2O. The molecule has 0 aromatic carbocycles. The van der Waals surface area contributed by atoms with Crippen molar-refractivity contribution in [2.45, 2.75) is 12.8 Å². The summed E-state index contributed by atoms with van der Waals surface area (Å²) in [6, 6.07) is 0. The summed E-state index contributed by atoms with van der Waals surface area (Å²) < 4.78 is 0. The van der Waals surface area contributed by atoms with Crippen molar-refractivity contribution >= 4 is 6.41 Å². The molecule has 0 aromatic heterocycles. The molecule has 0 N–H and O–H groups in total. The zero-order valence-corrected chi connectivity index (χ0v) is 7.99. The van der Waals surface area contributed by atoms with E-state index in [9.17, 15) is 4.79 Å². The summed E-state index contributed by atoms with van der Waals surface area (Å²) >= 11 is 0. The lowest BCUT2D eigenvalue weighted by atomic mass is 9.97. The van der Waals surface area contributed by atoms with Crippen molar-refractivity contribution < 1.29 is 4.79 Å². The van der Waals surface area contributed by atoms with Crippen molar-refractivity contribution in [3.8, 4) is 0 Å². The van der Waals surface area contributed by atoms with E-state index in [1.807, 2.05) is 4.90 Å². The van der Waals surface area contributed by atoms with Gasteiger partial charge in [0.2, 0.25) is 6.41 Å². The number of carbonyl (C=O) groups excluding carboxylic acids is 1. The van der Waals surface area contributed by atoms with Crippen LogP contribution in [0.25, 0.3) is 0 Å². The first-order valence-electron chi connectivity index (χ1n) is 4.56. The van der Waals surface area contributed by atoms with Gasteiger partial charge in [-0.25, -0.2) is 0 Å². The van der Waals surface area contributed by atoms with Gasteiger partial charge in [-0.05, 0) is 32.9 Å². The summed E-state index contributed by atoms with van der Waals surface area (Å²) in [5, 5.41) is 0. The molecule has 0 saturated carbocycles. The fourth-order valence-corrected chi connectivity index (χ4v) is 1.76. The maximum atomic E-state index is 10.4. The molecule has 0 radical (unpaired) electrons. The molecule has 3 nitrogen and oxygen atoms in total. The van der Waals surface area contributed by atoms with Gasteiger partial charge in [-0.2, -0.15) is 0 Å². The Morgan fingerprint density at radius 2 is 2.00 bits per heavy atom. The number of nitrogens with zero attached hydrogens (tertiary/aromatic N) is 2. The minimum Gasteiger partial charge on any atom is -0.345 e. The fraction of sp³-hybridized carbons (Fsp3) is 0.889. The first-order chi connectivity index (χ1) is 5.72. The molecule has 1 saturated heterocycles. The van der Waals surface area contributed by atoms with E-state index in [-0.39, 0.29) is 0 Å². The van der Waals surface area contributed by atoms with E-state index < -0.39 is 0 Å². The largest absolute Gasteiger partial charge is 0.345 e. The van der Waals surface area contributed by atoms with Gasteiger partial charge in [-0.1, -0.05) is 0 Å². The molecule has 1 aliphatic heterocycles. The fourth-order valence-electron chi connectivity index (χ4n) is 1.76. The maximum absolute atomic E-state index is 10.4. The molecule has 70 valence electrons. The number of piperidine rings is 1. The van der Waals surface area contributed by atoms with Crippen molar-refractivity contribution in [3.05, 3.63) is 0 Å². The Bertz CT molecular complexity index is 139. The highest BCUT2D eigenvalue weighted by atomic mass is 16.1.